The van der Waals surface area contributed by atoms with Crippen molar-refractivity contribution in [3.05, 3.63) is 18.2 Å². The molecule has 1 heterocycles. The van der Waals surface area contributed by atoms with E-state index in [2.05, 4.69) is 17.0 Å². The SMILES string of the molecule is CC(C)Oc1cccc(N2CC3CCCC3C2)c1N. The number of anilines is 2. The van der Waals surface area contributed by atoms with Crippen LogP contribution in [-0.4, -0.2) is 19.2 Å². The summed E-state index contributed by atoms with van der Waals surface area (Å²) in [6, 6.07) is 6.15. The number of nitrogens with zero attached hydrogens (tertiary/aromatic N) is 1. The molecule has 2 aliphatic rings. The monoisotopic (exact) mass is 260 g/mol. The molecule has 19 heavy (non-hydrogen) atoms. The van der Waals surface area contributed by atoms with E-state index in [0.717, 1.165) is 29.0 Å². The van der Waals surface area contributed by atoms with Crippen molar-refractivity contribution < 1.29 is 4.74 Å². The van der Waals surface area contributed by atoms with Gasteiger partial charge in [-0.25, -0.2) is 0 Å². The quantitative estimate of drug-likeness (QED) is 0.848. The van der Waals surface area contributed by atoms with Crippen LogP contribution in [0.5, 0.6) is 5.75 Å². The van der Waals surface area contributed by atoms with Crippen LogP contribution in [0.25, 0.3) is 0 Å². The predicted octanol–water partition coefficient (Wildman–Crippen LogP) is 3.29. The highest BCUT2D eigenvalue weighted by Crippen LogP contribution is 2.42. The first-order chi connectivity index (χ1) is 9.15. The molecule has 1 saturated heterocycles. The Balaban J connectivity index is 1.81. The van der Waals surface area contributed by atoms with Gasteiger partial charge in [0.25, 0.3) is 0 Å². The van der Waals surface area contributed by atoms with Gasteiger partial charge in [-0.15, -0.1) is 0 Å². The van der Waals surface area contributed by atoms with E-state index in [1.165, 1.54) is 32.4 Å². The largest absolute Gasteiger partial charge is 0.489 e. The van der Waals surface area contributed by atoms with E-state index in [1.807, 2.05) is 19.9 Å². The molecule has 1 saturated carbocycles. The van der Waals surface area contributed by atoms with Crippen LogP contribution in [0.1, 0.15) is 33.1 Å². The van der Waals surface area contributed by atoms with Gasteiger partial charge >= 0.3 is 0 Å². The molecule has 0 bridgehead atoms. The van der Waals surface area contributed by atoms with Gasteiger partial charge < -0.3 is 15.4 Å². The highest BCUT2D eigenvalue weighted by molar-refractivity contribution is 5.74. The Bertz CT molecular complexity index is 446. The molecule has 104 valence electrons. The summed E-state index contributed by atoms with van der Waals surface area (Å²) in [5.74, 6) is 2.59. The molecule has 3 rings (SSSR count). The molecule has 0 aromatic heterocycles. The number of benzene rings is 1. The Morgan fingerprint density at radius 1 is 1.21 bits per heavy atom. The molecule has 2 fully saturated rings. The van der Waals surface area contributed by atoms with Crippen molar-refractivity contribution in [1.82, 2.24) is 0 Å². The average Bonchev–Trinajstić information content (AvgIpc) is 2.91. The molecule has 0 amide bonds. The average molecular weight is 260 g/mol. The molecule has 1 aliphatic carbocycles. The molecular weight excluding hydrogens is 236 g/mol. The molecular formula is C16H24N2O. The van der Waals surface area contributed by atoms with Crippen LogP contribution in [0.4, 0.5) is 11.4 Å². The van der Waals surface area contributed by atoms with Gasteiger partial charge in [-0.2, -0.15) is 0 Å². The Labute approximate surface area is 115 Å². The zero-order chi connectivity index (χ0) is 13.4. The number of nitrogen functional groups attached to an aromatic ring is 1. The minimum atomic E-state index is 0.163. The van der Waals surface area contributed by atoms with Gasteiger partial charge in [0.05, 0.1) is 17.5 Å². The number of ether oxygens (including phenoxy) is 1. The fourth-order valence-electron chi connectivity index (χ4n) is 3.60. The van der Waals surface area contributed by atoms with Crippen molar-refractivity contribution in [2.45, 2.75) is 39.2 Å². The summed E-state index contributed by atoms with van der Waals surface area (Å²) in [6.07, 6.45) is 4.36. The van der Waals surface area contributed by atoms with E-state index < -0.39 is 0 Å². The molecule has 3 nitrogen and oxygen atoms in total. The normalized spacial score (nSPS) is 25.9. The van der Waals surface area contributed by atoms with E-state index in [-0.39, 0.29) is 6.10 Å². The zero-order valence-corrected chi connectivity index (χ0v) is 11.9. The first-order valence-electron chi connectivity index (χ1n) is 7.45. The van der Waals surface area contributed by atoms with Gasteiger partial charge in [-0.05, 0) is 50.7 Å². The Hall–Kier alpha value is -1.38. The molecule has 1 aromatic rings. The highest BCUT2D eigenvalue weighted by Gasteiger charge is 2.36. The molecule has 1 aromatic carbocycles. The van der Waals surface area contributed by atoms with Crippen LogP contribution in [0.15, 0.2) is 18.2 Å². The summed E-state index contributed by atoms with van der Waals surface area (Å²) < 4.78 is 5.79. The lowest BCUT2D eigenvalue weighted by Crippen LogP contribution is -2.22. The summed E-state index contributed by atoms with van der Waals surface area (Å²) in [5, 5.41) is 0. The van der Waals surface area contributed by atoms with E-state index in [9.17, 15) is 0 Å². The maximum Gasteiger partial charge on any atom is 0.144 e. The molecule has 0 spiro atoms. The zero-order valence-electron chi connectivity index (χ0n) is 11.9. The van der Waals surface area contributed by atoms with Crippen molar-refractivity contribution in [3.8, 4) is 5.75 Å². The number of nitrogens with two attached hydrogens (primary N) is 1. The van der Waals surface area contributed by atoms with Crippen molar-refractivity contribution in [3.63, 3.8) is 0 Å². The van der Waals surface area contributed by atoms with Crippen molar-refractivity contribution in [1.29, 1.82) is 0 Å². The van der Waals surface area contributed by atoms with Crippen molar-refractivity contribution >= 4 is 11.4 Å². The highest BCUT2D eigenvalue weighted by atomic mass is 16.5. The van der Waals surface area contributed by atoms with Gasteiger partial charge in [-0.1, -0.05) is 12.5 Å². The van der Waals surface area contributed by atoms with Gasteiger partial charge in [0.1, 0.15) is 5.75 Å². The Morgan fingerprint density at radius 3 is 2.53 bits per heavy atom. The summed E-state index contributed by atoms with van der Waals surface area (Å²) in [7, 11) is 0. The lowest BCUT2D eigenvalue weighted by molar-refractivity contribution is 0.244. The molecule has 2 N–H and O–H groups in total. The van der Waals surface area contributed by atoms with Gasteiger partial charge in [0.15, 0.2) is 0 Å². The molecule has 2 atom stereocenters. The lowest BCUT2D eigenvalue weighted by atomic mass is 10.0. The second kappa shape index (κ2) is 4.95. The summed E-state index contributed by atoms with van der Waals surface area (Å²) in [4.78, 5) is 2.46. The Kier molecular flexibility index (Phi) is 3.29. The maximum absolute atomic E-state index is 6.30. The number of rotatable bonds is 3. The van der Waals surface area contributed by atoms with Crippen LogP contribution >= 0.6 is 0 Å². The number of fused-ring (bicyclic) bond motifs is 1. The smallest absolute Gasteiger partial charge is 0.144 e. The van der Waals surface area contributed by atoms with Crippen molar-refractivity contribution in [2.24, 2.45) is 11.8 Å². The van der Waals surface area contributed by atoms with Crippen molar-refractivity contribution in [2.75, 3.05) is 23.7 Å². The molecule has 2 unspecified atom stereocenters. The van der Waals surface area contributed by atoms with Crippen LogP contribution < -0.4 is 15.4 Å². The van der Waals surface area contributed by atoms with E-state index in [0.29, 0.717) is 0 Å². The Morgan fingerprint density at radius 2 is 1.89 bits per heavy atom. The van der Waals surface area contributed by atoms with E-state index >= 15 is 0 Å². The third kappa shape index (κ3) is 2.38. The number of hydrogen-bond donors (Lipinski definition) is 1. The molecule has 1 aliphatic heterocycles. The summed E-state index contributed by atoms with van der Waals surface area (Å²) in [6.45, 7) is 6.40. The maximum atomic E-state index is 6.30. The fraction of sp³-hybridized carbons (Fsp3) is 0.625. The van der Waals surface area contributed by atoms with Gasteiger partial charge in [0, 0.05) is 13.1 Å². The van der Waals surface area contributed by atoms with Gasteiger partial charge in [0.2, 0.25) is 0 Å². The van der Waals surface area contributed by atoms with E-state index in [4.69, 9.17) is 10.5 Å². The number of para-hydroxylation sites is 1. The summed E-state index contributed by atoms with van der Waals surface area (Å²) >= 11 is 0. The fourth-order valence-corrected chi connectivity index (χ4v) is 3.60. The standard InChI is InChI=1S/C16H24N2O/c1-11(2)19-15-8-4-7-14(16(15)17)18-9-12-5-3-6-13(12)10-18/h4,7-8,11-13H,3,5-6,9-10,17H2,1-2H3. The first kappa shape index (κ1) is 12.6. The van der Waals surface area contributed by atoms with Crippen LogP contribution in [-0.2, 0) is 0 Å². The second-order valence-electron chi connectivity index (χ2n) is 6.21. The lowest BCUT2D eigenvalue weighted by Gasteiger charge is -2.23. The number of hydrogen-bond acceptors (Lipinski definition) is 3. The second-order valence-corrected chi connectivity index (χ2v) is 6.21. The minimum Gasteiger partial charge on any atom is -0.489 e. The van der Waals surface area contributed by atoms with E-state index in [1.54, 1.807) is 0 Å². The van der Waals surface area contributed by atoms with Crippen LogP contribution in [0.3, 0.4) is 0 Å². The van der Waals surface area contributed by atoms with Crippen LogP contribution in [0, 0.1) is 11.8 Å². The van der Waals surface area contributed by atoms with Gasteiger partial charge in [-0.3, -0.25) is 0 Å². The predicted molar refractivity (Wildman–Crippen MR) is 79.7 cm³/mol. The third-order valence-corrected chi connectivity index (χ3v) is 4.47. The topological polar surface area (TPSA) is 38.5 Å². The van der Waals surface area contributed by atoms with Crippen LogP contribution in [0.2, 0.25) is 0 Å². The first-order valence-corrected chi connectivity index (χ1v) is 7.45. The summed E-state index contributed by atoms with van der Waals surface area (Å²) in [5.41, 5.74) is 8.26. The molecule has 0 radical (unpaired) electrons. The third-order valence-electron chi connectivity index (χ3n) is 4.47. The molecule has 3 heteroatoms. The minimum absolute atomic E-state index is 0.163.